The van der Waals surface area contributed by atoms with Gasteiger partial charge < -0.3 is 10.1 Å². The Kier molecular flexibility index (Phi) is 5.29. The number of rotatable bonds is 6. The minimum atomic E-state index is 0.167. The molecule has 0 radical (unpaired) electrons. The summed E-state index contributed by atoms with van der Waals surface area (Å²) >= 11 is 6.08. The third-order valence-corrected chi connectivity index (χ3v) is 3.23. The zero-order valence-electron chi connectivity index (χ0n) is 11.1. The van der Waals surface area contributed by atoms with E-state index in [4.69, 9.17) is 16.3 Å². The van der Waals surface area contributed by atoms with Crippen molar-refractivity contribution in [1.29, 1.82) is 0 Å². The molecule has 3 heteroatoms. The van der Waals surface area contributed by atoms with Crippen molar-refractivity contribution in [3.63, 3.8) is 0 Å². The number of hydrogen-bond donors (Lipinski definition) is 1. The average molecular weight is 256 g/mol. The van der Waals surface area contributed by atoms with E-state index in [0.29, 0.717) is 11.6 Å². The molecule has 0 bridgehead atoms. The summed E-state index contributed by atoms with van der Waals surface area (Å²) in [4.78, 5) is 0. The van der Waals surface area contributed by atoms with Crippen LogP contribution in [0.2, 0.25) is 5.02 Å². The van der Waals surface area contributed by atoms with Gasteiger partial charge in [0, 0.05) is 12.1 Å². The molecule has 0 saturated carbocycles. The van der Waals surface area contributed by atoms with Gasteiger partial charge in [-0.25, -0.2) is 0 Å². The minimum absolute atomic E-state index is 0.167. The van der Waals surface area contributed by atoms with Crippen molar-refractivity contribution in [3.05, 3.63) is 28.8 Å². The van der Waals surface area contributed by atoms with E-state index in [1.807, 2.05) is 25.1 Å². The molecule has 0 spiro atoms. The quantitative estimate of drug-likeness (QED) is 0.781. The number of nitrogens with one attached hydrogen (secondary N) is 1. The van der Waals surface area contributed by atoms with E-state index < -0.39 is 0 Å². The van der Waals surface area contributed by atoms with Crippen molar-refractivity contribution in [2.45, 2.75) is 39.7 Å². The smallest absolute Gasteiger partial charge is 0.137 e. The molecule has 0 unspecified atom stereocenters. The molecule has 96 valence electrons. The maximum atomic E-state index is 6.08. The lowest BCUT2D eigenvalue weighted by Crippen LogP contribution is -2.40. The lowest BCUT2D eigenvalue weighted by atomic mass is 10.0. The third kappa shape index (κ3) is 4.97. The fourth-order valence-electron chi connectivity index (χ4n) is 1.40. The summed E-state index contributed by atoms with van der Waals surface area (Å²) < 4.78 is 5.64. The lowest BCUT2D eigenvalue weighted by Gasteiger charge is -2.24. The maximum Gasteiger partial charge on any atom is 0.137 e. The fraction of sp³-hybridized carbons (Fsp3) is 0.571. The molecule has 0 atom stereocenters. The SMILES string of the molecule is CCC(C)(C)NCCOc1ccc(C)cc1Cl. The minimum Gasteiger partial charge on any atom is -0.491 e. The van der Waals surface area contributed by atoms with Gasteiger partial charge in [0.25, 0.3) is 0 Å². The first-order valence-corrected chi connectivity index (χ1v) is 6.46. The standard InChI is InChI=1S/C14H22ClNO/c1-5-14(3,4)16-8-9-17-13-7-6-11(2)10-12(13)15/h6-7,10,16H,5,8-9H2,1-4H3. The molecule has 0 heterocycles. The first kappa shape index (κ1) is 14.3. The van der Waals surface area contributed by atoms with Gasteiger partial charge in [0.2, 0.25) is 0 Å². The van der Waals surface area contributed by atoms with Crippen molar-refractivity contribution < 1.29 is 4.74 Å². The molecule has 0 amide bonds. The highest BCUT2D eigenvalue weighted by atomic mass is 35.5. The van der Waals surface area contributed by atoms with Crippen LogP contribution in [-0.4, -0.2) is 18.7 Å². The highest BCUT2D eigenvalue weighted by Crippen LogP contribution is 2.24. The van der Waals surface area contributed by atoms with Crippen LogP contribution in [0.15, 0.2) is 18.2 Å². The molecule has 1 aromatic carbocycles. The van der Waals surface area contributed by atoms with Crippen molar-refractivity contribution in [1.82, 2.24) is 5.32 Å². The van der Waals surface area contributed by atoms with E-state index >= 15 is 0 Å². The van der Waals surface area contributed by atoms with Crippen molar-refractivity contribution in [3.8, 4) is 5.75 Å². The second-order valence-corrected chi connectivity index (χ2v) is 5.35. The predicted molar refractivity (Wildman–Crippen MR) is 74.1 cm³/mol. The molecular formula is C14H22ClNO. The van der Waals surface area contributed by atoms with Crippen molar-refractivity contribution in [2.75, 3.05) is 13.2 Å². The maximum absolute atomic E-state index is 6.08. The Labute approximate surface area is 109 Å². The number of halogens is 1. The van der Waals surface area contributed by atoms with Gasteiger partial charge in [-0.05, 0) is 44.9 Å². The molecule has 2 nitrogen and oxygen atoms in total. The van der Waals surface area contributed by atoms with E-state index in [1.54, 1.807) is 0 Å². The summed E-state index contributed by atoms with van der Waals surface area (Å²) in [6.07, 6.45) is 1.10. The van der Waals surface area contributed by atoms with Gasteiger partial charge in [-0.2, -0.15) is 0 Å². The Bertz CT molecular complexity index is 363. The molecular weight excluding hydrogens is 234 g/mol. The molecule has 0 aliphatic heterocycles. The van der Waals surface area contributed by atoms with Crippen LogP contribution in [0.5, 0.6) is 5.75 Å². The van der Waals surface area contributed by atoms with Crippen LogP contribution in [0, 0.1) is 6.92 Å². The van der Waals surface area contributed by atoms with Gasteiger partial charge in [-0.3, -0.25) is 0 Å². The van der Waals surface area contributed by atoms with Crippen LogP contribution in [-0.2, 0) is 0 Å². The van der Waals surface area contributed by atoms with E-state index in [-0.39, 0.29) is 5.54 Å². The Balaban J connectivity index is 2.36. The summed E-state index contributed by atoms with van der Waals surface area (Å²) in [6, 6.07) is 5.84. The van der Waals surface area contributed by atoms with Gasteiger partial charge >= 0.3 is 0 Å². The number of aryl methyl sites for hydroxylation is 1. The molecule has 0 aromatic heterocycles. The summed E-state index contributed by atoms with van der Waals surface area (Å²) in [5.41, 5.74) is 1.31. The molecule has 0 saturated heterocycles. The Morgan fingerprint density at radius 3 is 2.65 bits per heavy atom. The Morgan fingerprint density at radius 2 is 2.06 bits per heavy atom. The molecule has 1 aromatic rings. The van der Waals surface area contributed by atoms with E-state index in [1.165, 1.54) is 0 Å². The van der Waals surface area contributed by atoms with Crippen LogP contribution in [0.4, 0.5) is 0 Å². The van der Waals surface area contributed by atoms with E-state index in [0.717, 1.165) is 24.3 Å². The Hall–Kier alpha value is -0.730. The van der Waals surface area contributed by atoms with Crippen LogP contribution in [0.1, 0.15) is 32.8 Å². The topological polar surface area (TPSA) is 21.3 Å². The molecule has 0 aliphatic carbocycles. The van der Waals surface area contributed by atoms with Crippen LogP contribution in [0.3, 0.4) is 0 Å². The fourth-order valence-corrected chi connectivity index (χ4v) is 1.69. The molecule has 0 aliphatic rings. The first-order chi connectivity index (χ1) is 7.94. The number of ether oxygens (including phenoxy) is 1. The Morgan fingerprint density at radius 1 is 1.35 bits per heavy atom. The number of hydrogen-bond acceptors (Lipinski definition) is 2. The van der Waals surface area contributed by atoms with Gasteiger partial charge in [-0.1, -0.05) is 24.6 Å². The highest BCUT2D eigenvalue weighted by Gasteiger charge is 2.12. The van der Waals surface area contributed by atoms with Crippen LogP contribution >= 0.6 is 11.6 Å². The zero-order valence-corrected chi connectivity index (χ0v) is 11.9. The van der Waals surface area contributed by atoms with Gasteiger partial charge in [0.1, 0.15) is 12.4 Å². The lowest BCUT2D eigenvalue weighted by molar-refractivity contribution is 0.281. The zero-order chi connectivity index (χ0) is 12.9. The van der Waals surface area contributed by atoms with Gasteiger partial charge in [0.15, 0.2) is 0 Å². The molecule has 1 rings (SSSR count). The average Bonchev–Trinajstić information content (AvgIpc) is 2.27. The van der Waals surface area contributed by atoms with Crippen LogP contribution in [0.25, 0.3) is 0 Å². The number of benzene rings is 1. The molecule has 17 heavy (non-hydrogen) atoms. The monoisotopic (exact) mass is 255 g/mol. The summed E-state index contributed by atoms with van der Waals surface area (Å²) in [7, 11) is 0. The van der Waals surface area contributed by atoms with E-state index in [2.05, 4.69) is 26.1 Å². The molecule has 0 fully saturated rings. The van der Waals surface area contributed by atoms with Gasteiger partial charge in [0.05, 0.1) is 5.02 Å². The van der Waals surface area contributed by atoms with E-state index in [9.17, 15) is 0 Å². The van der Waals surface area contributed by atoms with Crippen LogP contribution < -0.4 is 10.1 Å². The summed E-state index contributed by atoms with van der Waals surface area (Å²) in [5, 5.41) is 4.12. The second kappa shape index (κ2) is 6.27. The first-order valence-electron chi connectivity index (χ1n) is 6.08. The second-order valence-electron chi connectivity index (χ2n) is 4.95. The van der Waals surface area contributed by atoms with Crippen molar-refractivity contribution in [2.24, 2.45) is 0 Å². The summed E-state index contributed by atoms with van der Waals surface area (Å²) in [6.45, 7) is 10.0. The largest absolute Gasteiger partial charge is 0.491 e. The molecule has 1 N–H and O–H groups in total. The third-order valence-electron chi connectivity index (χ3n) is 2.93. The highest BCUT2D eigenvalue weighted by molar-refractivity contribution is 6.32. The normalized spacial score (nSPS) is 11.6. The predicted octanol–water partition coefficient (Wildman–Crippen LogP) is 3.81. The van der Waals surface area contributed by atoms with Gasteiger partial charge in [-0.15, -0.1) is 0 Å². The van der Waals surface area contributed by atoms with Crippen molar-refractivity contribution >= 4 is 11.6 Å². The summed E-state index contributed by atoms with van der Waals surface area (Å²) in [5.74, 6) is 0.758.